The van der Waals surface area contributed by atoms with E-state index in [9.17, 15) is 4.79 Å². The number of carbonyl (C=O) groups excluding carboxylic acids is 1. The lowest BCUT2D eigenvalue weighted by Gasteiger charge is -2.29. The molecule has 0 fully saturated rings. The monoisotopic (exact) mass is 301 g/mol. The molecule has 0 saturated carbocycles. The zero-order valence-corrected chi connectivity index (χ0v) is 12.9. The van der Waals surface area contributed by atoms with E-state index in [0.717, 1.165) is 17.0 Å². The summed E-state index contributed by atoms with van der Waals surface area (Å²) in [6, 6.07) is 1.85. The molecule has 0 unspecified atom stereocenters. The quantitative estimate of drug-likeness (QED) is 0.737. The van der Waals surface area contributed by atoms with E-state index in [2.05, 4.69) is 4.98 Å². The third kappa shape index (κ3) is 3.05. The van der Waals surface area contributed by atoms with Gasteiger partial charge in [0.25, 0.3) is 0 Å². The van der Waals surface area contributed by atoms with Crippen LogP contribution in [0.1, 0.15) is 26.3 Å². The van der Waals surface area contributed by atoms with Gasteiger partial charge in [0.15, 0.2) is 0 Å². The van der Waals surface area contributed by atoms with E-state index < -0.39 is 11.7 Å². The zero-order valence-electron chi connectivity index (χ0n) is 12.9. The largest absolute Gasteiger partial charge is 0.487 e. The molecule has 22 heavy (non-hydrogen) atoms. The normalized spacial score (nSPS) is 17.0. The highest BCUT2D eigenvalue weighted by atomic mass is 16.6. The van der Waals surface area contributed by atoms with E-state index in [-0.39, 0.29) is 0 Å². The summed E-state index contributed by atoms with van der Waals surface area (Å²) in [5, 5.41) is 0. The molecule has 0 aliphatic carbocycles. The maximum Gasteiger partial charge on any atom is 0.418 e. The summed E-state index contributed by atoms with van der Waals surface area (Å²) < 4.78 is 11.2. The molecule has 2 aliphatic rings. The third-order valence-corrected chi connectivity index (χ3v) is 3.24. The second-order valence-electron chi connectivity index (χ2n) is 6.21. The van der Waals surface area contributed by atoms with Crippen LogP contribution in [0.2, 0.25) is 0 Å². The molecule has 0 spiro atoms. The van der Waals surface area contributed by atoms with E-state index in [1.54, 1.807) is 24.8 Å². The molecule has 0 bridgehead atoms. The molecule has 1 aromatic rings. The van der Waals surface area contributed by atoms with Gasteiger partial charge in [-0.25, -0.2) is 4.79 Å². The van der Waals surface area contributed by atoms with Crippen LogP contribution in [-0.2, 0) is 11.3 Å². The van der Waals surface area contributed by atoms with E-state index in [1.807, 2.05) is 37.9 Å². The summed E-state index contributed by atoms with van der Waals surface area (Å²) in [5.74, 6) is 0.822. The minimum Gasteiger partial charge on any atom is -0.487 e. The predicted octanol–water partition coefficient (Wildman–Crippen LogP) is 2.84. The Morgan fingerprint density at radius 1 is 1.36 bits per heavy atom. The van der Waals surface area contributed by atoms with Crippen molar-refractivity contribution in [3.63, 3.8) is 0 Å². The molecular weight excluding hydrogens is 282 g/mol. The Hall–Kier alpha value is -2.50. The van der Waals surface area contributed by atoms with Crippen molar-refractivity contribution in [3.05, 3.63) is 48.3 Å². The number of nitrogens with zero attached hydrogens (tertiary/aromatic N) is 3. The second kappa shape index (κ2) is 5.36. The molecule has 116 valence electrons. The van der Waals surface area contributed by atoms with Gasteiger partial charge in [-0.15, -0.1) is 0 Å². The number of fused-ring (bicyclic) bond motifs is 2. The van der Waals surface area contributed by atoms with Gasteiger partial charge in [-0.05, 0) is 26.8 Å². The first kappa shape index (κ1) is 14.4. The molecule has 1 aromatic heterocycles. The molecule has 3 rings (SSSR count). The van der Waals surface area contributed by atoms with Gasteiger partial charge in [-0.3, -0.25) is 9.88 Å². The van der Waals surface area contributed by atoms with Crippen molar-refractivity contribution in [2.24, 2.45) is 0 Å². The number of pyridine rings is 1. The van der Waals surface area contributed by atoms with E-state index in [0.29, 0.717) is 13.2 Å². The molecule has 0 aromatic carbocycles. The van der Waals surface area contributed by atoms with Gasteiger partial charge in [0.05, 0.1) is 12.2 Å². The van der Waals surface area contributed by atoms with E-state index >= 15 is 0 Å². The van der Waals surface area contributed by atoms with Gasteiger partial charge >= 0.3 is 6.09 Å². The first-order valence-electron chi connectivity index (χ1n) is 7.15. The summed E-state index contributed by atoms with van der Waals surface area (Å²) >= 11 is 0. The molecule has 6 nitrogen and oxygen atoms in total. The molecule has 0 N–H and O–H groups in total. The van der Waals surface area contributed by atoms with Crippen molar-refractivity contribution < 1.29 is 14.3 Å². The average molecular weight is 301 g/mol. The van der Waals surface area contributed by atoms with Gasteiger partial charge in [-0.2, -0.15) is 0 Å². The van der Waals surface area contributed by atoms with Crippen LogP contribution >= 0.6 is 0 Å². The summed E-state index contributed by atoms with van der Waals surface area (Å²) in [6.07, 6.45) is 8.39. The molecule has 0 saturated heterocycles. The van der Waals surface area contributed by atoms with E-state index in [1.165, 1.54) is 4.90 Å². The highest BCUT2D eigenvalue weighted by molar-refractivity contribution is 5.71. The number of ether oxygens (including phenoxy) is 2. The van der Waals surface area contributed by atoms with Crippen LogP contribution in [-0.4, -0.2) is 33.1 Å². The van der Waals surface area contributed by atoms with Crippen molar-refractivity contribution in [2.75, 3.05) is 6.61 Å². The van der Waals surface area contributed by atoms with E-state index in [4.69, 9.17) is 9.47 Å². The highest BCUT2D eigenvalue weighted by Gasteiger charge is 2.25. The lowest BCUT2D eigenvalue weighted by molar-refractivity contribution is 0.0389. The fourth-order valence-corrected chi connectivity index (χ4v) is 2.24. The number of carbonyl (C=O) groups is 1. The summed E-state index contributed by atoms with van der Waals surface area (Å²) in [7, 11) is 0. The topological polar surface area (TPSA) is 54.9 Å². The molecular formula is C16H19N3O3. The third-order valence-electron chi connectivity index (χ3n) is 3.24. The Morgan fingerprint density at radius 2 is 2.18 bits per heavy atom. The Morgan fingerprint density at radius 3 is 2.95 bits per heavy atom. The number of amides is 1. The van der Waals surface area contributed by atoms with Gasteiger partial charge in [0, 0.05) is 36.6 Å². The molecule has 6 heteroatoms. The number of aromatic nitrogens is 1. The summed E-state index contributed by atoms with van der Waals surface area (Å²) in [6.45, 7) is 6.58. The van der Waals surface area contributed by atoms with Crippen molar-refractivity contribution in [1.82, 2.24) is 14.8 Å². The fourth-order valence-electron chi connectivity index (χ4n) is 2.24. The first-order chi connectivity index (χ1) is 10.4. The smallest absolute Gasteiger partial charge is 0.418 e. The van der Waals surface area contributed by atoms with Crippen molar-refractivity contribution >= 4 is 6.09 Å². The molecule has 0 radical (unpaired) electrons. The number of hydrogen-bond acceptors (Lipinski definition) is 5. The Labute approximate surface area is 129 Å². The van der Waals surface area contributed by atoms with Gasteiger partial charge in [0.1, 0.15) is 18.0 Å². The van der Waals surface area contributed by atoms with Crippen molar-refractivity contribution in [1.29, 1.82) is 0 Å². The highest BCUT2D eigenvalue weighted by Crippen LogP contribution is 2.27. The molecule has 2 aliphatic heterocycles. The Balaban J connectivity index is 1.78. The van der Waals surface area contributed by atoms with Crippen molar-refractivity contribution in [2.45, 2.75) is 32.9 Å². The number of hydrogen-bond donors (Lipinski definition) is 0. The predicted molar refractivity (Wildman–Crippen MR) is 80.6 cm³/mol. The zero-order chi connectivity index (χ0) is 15.7. The van der Waals surface area contributed by atoms with Crippen molar-refractivity contribution in [3.8, 4) is 5.75 Å². The summed E-state index contributed by atoms with van der Waals surface area (Å²) in [4.78, 5) is 19.7. The Bertz CT molecular complexity index is 646. The standard InChI is InChI=1S/C16H19N3O3/c1-16(2,3)22-15(20)19-7-6-18-9-12-8-17-5-4-14(12)21-11-13(18)10-19/h4-8,10H,9,11H2,1-3H3. The lowest BCUT2D eigenvalue weighted by Crippen LogP contribution is -2.34. The lowest BCUT2D eigenvalue weighted by atomic mass is 10.2. The molecule has 1 amide bonds. The minimum atomic E-state index is -0.525. The van der Waals surface area contributed by atoms with Gasteiger partial charge in [0.2, 0.25) is 0 Å². The number of rotatable bonds is 0. The molecule has 3 heterocycles. The second-order valence-corrected chi connectivity index (χ2v) is 6.21. The van der Waals surface area contributed by atoms with Crippen LogP contribution < -0.4 is 4.74 Å². The molecule has 0 atom stereocenters. The maximum atomic E-state index is 12.1. The van der Waals surface area contributed by atoms with Gasteiger partial charge < -0.3 is 14.4 Å². The Kier molecular flexibility index (Phi) is 3.52. The maximum absolute atomic E-state index is 12.1. The van der Waals surface area contributed by atoms with Gasteiger partial charge in [-0.1, -0.05) is 0 Å². The van der Waals surface area contributed by atoms with Crippen LogP contribution in [0.5, 0.6) is 5.75 Å². The van der Waals surface area contributed by atoms with Crippen LogP contribution in [0, 0.1) is 0 Å². The summed E-state index contributed by atoms with van der Waals surface area (Å²) in [5.41, 5.74) is 1.38. The van der Waals surface area contributed by atoms with Crippen LogP contribution in [0.25, 0.3) is 0 Å². The fraction of sp³-hybridized carbons (Fsp3) is 0.375. The van der Waals surface area contributed by atoms with Crippen LogP contribution in [0.4, 0.5) is 4.79 Å². The average Bonchev–Trinajstić information content (AvgIpc) is 2.63. The van der Waals surface area contributed by atoms with Crippen LogP contribution in [0.3, 0.4) is 0 Å². The van der Waals surface area contributed by atoms with Crippen LogP contribution in [0.15, 0.2) is 42.8 Å². The first-order valence-corrected chi connectivity index (χ1v) is 7.15. The SMILES string of the molecule is CC(C)(C)OC(=O)N1C=CN2Cc3cnccc3OCC2=C1. The minimum absolute atomic E-state index is 0.390.